The molecule has 2 saturated heterocycles. The normalized spacial score (nSPS) is 21.0. The molecule has 0 aliphatic carbocycles. The van der Waals surface area contributed by atoms with Gasteiger partial charge in [-0.2, -0.15) is 0 Å². The number of hydrogen-bond acceptors (Lipinski definition) is 7. The van der Waals surface area contributed by atoms with Gasteiger partial charge in [0.2, 0.25) is 0 Å². The summed E-state index contributed by atoms with van der Waals surface area (Å²) in [7, 11) is 1.57. The van der Waals surface area contributed by atoms with Crippen LogP contribution in [0, 0.1) is 0 Å². The molecule has 10 nitrogen and oxygen atoms in total. The van der Waals surface area contributed by atoms with Gasteiger partial charge in [0.1, 0.15) is 11.7 Å². The van der Waals surface area contributed by atoms with E-state index in [1.54, 1.807) is 13.2 Å². The third kappa shape index (κ3) is 3.76. The fourth-order valence-electron chi connectivity index (χ4n) is 4.44. The minimum Gasteiger partial charge on any atom is -0.381 e. The number of anilines is 3. The zero-order valence-corrected chi connectivity index (χ0v) is 17.9. The summed E-state index contributed by atoms with van der Waals surface area (Å²) in [6.45, 7) is 2.81. The van der Waals surface area contributed by atoms with Gasteiger partial charge in [-0.05, 0) is 37.1 Å². The highest BCUT2D eigenvalue weighted by molar-refractivity contribution is 6.05. The van der Waals surface area contributed by atoms with Crippen molar-refractivity contribution in [3.8, 4) is 11.4 Å². The lowest BCUT2D eigenvalue weighted by Gasteiger charge is -2.46. The van der Waals surface area contributed by atoms with Gasteiger partial charge in [0, 0.05) is 44.1 Å². The molecule has 1 aromatic carbocycles. The first-order valence-corrected chi connectivity index (χ1v) is 10.9. The Bertz CT molecular complexity index is 1010. The molecule has 4 heterocycles. The number of aromatic nitrogens is 2. The van der Waals surface area contributed by atoms with E-state index in [1.807, 2.05) is 34.1 Å². The monoisotopic (exact) mass is 438 g/mol. The lowest BCUT2D eigenvalue weighted by molar-refractivity contribution is -0.123. The van der Waals surface area contributed by atoms with Crippen LogP contribution in [-0.2, 0) is 14.3 Å². The molecule has 1 aromatic heterocycles. The van der Waals surface area contributed by atoms with Gasteiger partial charge < -0.3 is 29.9 Å². The Balaban J connectivity index is 1.50. The number of urea groups is 1. The van der Waals surface area contributed by atoms with Crippen LogP contribution in [0.4, 0.5) is 22.0 Å². The Morgan fingerprint density at radius 3 is 2.66 bits per heavy atom. The van der Waals surface area contributed by atoms with E-state index in [2.05, 4.69) is 15.6 Å². The number of nitrogens with zero attached hydrogens (tertiary/aromatic N) is 4. The molecule has 3 amide bonds. The molecule has 3 aliphatic rings. The maximum atomic E-state index is 13.4. The number of fused-ring (bicyclic) bond motifs is 3. The van der Waals surface area contributed by atoms with Crippen molar-refractivity contribution < 1.29 is 19.1 Å². The summed E-state index contributed by atoms with van der Waals surface area (Å²) in [6, 6.07) is 6.77. The molecule has 0 saturated carbocycles. The highest BCUT2D eigenvalue weighted by Crippen LogP contribution is 2.39. The minimum atomic E-state index is -0.374. The van der Waals surface area contributed by atoms with E-state index >= 15 is 0 Å². The van der Waals surface area contributed by atoms with Gasteiger partial charge in [0.05, 0.1) is 19.4 Å². The Morgan fingerprint density at radius 1 is 1.12 bits per heavy atom. The average molecular weight is 438 g/mol. The van der Waals surface area contributed by atoms with Crippen LogP contribution in [0.1, 0.15) is 12.8 Å². The molecule has 5 rings (SSSR count). The van der Waals surface area contributed by atoms with Crippen LogP contribution in [0.25, 0.3) is 11.4 Å². The molecule has 168 valence electrons. The summed E-state index contributed by atoms with van der Waals surface area (Å²) in [4.78, 5) is 38.3. The summed E-state index contributed by atoms with van der Waals surface area (Å²) < 4.78 is 11.1. The number of nitrogens with one attached hydrogen (secondary N) is 2. The first kappa shape index (κ1) is 20.7. The molecule has 0 bridgehead atoms. The van der Waals surface area contributed by atoms with Gasteiger partial charge in [-0.1, -0.05) is 0 Å². The topological polar surface area (TPSA) is 109 Å². The van der Waals surface area contributed by atoms with Crippen molar-refractivity contribution in [3.05, 3.63) is 30.5 Å². The number of ether oxygens (including phenoxy) is 2. The quantitative estimate of drug-likeness (QED) is 0.750. The van der Waals surface area contributed by atoms with Gasteiger partial charge in [0.15, 0.2) is 11.6 Å². The van der Waals surface area contributed by atoms with E-state index in [-0.39, 0.29) is 24.0 Å². The van der Waals surface area contributed by atoms with E-state index in [4.69, 9.17) is 14.5 Å². The van der Waals surface area contributed by atoms with Crippen molar-refractivity contribution in [3.63, 3.8) is 0 Å². The predicted molar refractivity (Wildman–Crippen MR) is 119 cm³/mol. The summed E-state index contributed by atoms with van der Waals surface area (Å²) in [5.41, 5.74) is 2.26. The van der Waals surface area contributed by atoms with Gasteiger partial charge in [-0.15, -0.1) is 0 Å². The summed E-state index contributed by atoms with van der Waals surface area (Å²) in [6.07, 6.45) is 3.34. The second kappa shape index (κ2) is 8.71. The van der Waals surface area contributed by atoms with Gasteiger partial charge >= 0.3 is 6.03 Å². The molecule has 1 unspecified atom stereocenters. The Hall–Kier alpha value is -3.24. The third-order valence-electron chi connectivity index (χ3n) is 6.12. The van der Waals surface area contributed by atoms with Crippen LogP contribution in [0.15, 0.2) is 30.5 Å². The second-order valence-electron chi connectivity index (χ2n) is 8.02. The molecule has 2 N–H and O–H groups in total. The Kier molecular flexibility index (Phi) is 5.62. The largest absolute Gasteiger partial charge is 0.381 e. The SMILES string of the molecule is CNC(=O)Nc1ccc(-c2ncc3c(n2)N2CCOCC2C(=O)N3C2CCOCC2)cc1. The average Bonchev–Trinajstić information content (AvgIpc) is 2.85. The van der Waals surface area contributed by atoms with Gasteiger partial charge in [-0.3, -0.25) is 4.79 Å². The van der Waals surface area contributed by atoms with Crippen LogP contribution < -0.4 is 20.4 Å². The predicted octanol–water partition coefficient (Wildman–Crippen LogP) is 1.63. The number of amides is 3. The molecular formula is C22H26N6O4. The number of rotatable bonds is 3. The van der Waals surface area contributed by atoms with E-state index in [0.29, 0.717) is 44.5 Å². The van der Waals surface area contributed by atoms with E-state index in [0.717, 1.165) is 29.9 Å². The summed E-state index contributed by atoms with van der Waals surface area (Å²) in [5.74, 6) is 1.38. The first-order valence-electron chi connectivity index (χ1n) is 10.9. The molecular weight excluding hydrogens is 412 g/mol. The van der Waals surface area contributed by atoms with Crippen molar-refractivity contribution in [2.24, 2.45) is 0 Å². The number of carbonyl (C=O) groups excluding carboxylic acids is 2. The Labute approximate surface area is 185 Å². The van der Waals surface area contributed by atoms with Crippen molar-refractivity contribution >= 4 is 29.1 Å². The molecule has 0 radical (unpaired) electrons. The maximum Gasteiger partial charge on any atom is 0.318 e. The van der Waals surface area contributed by atoms with E-state index < -0.39 is 0 Å². The molecule has 0 spiro atoms. The lowest BCUT2D eigenvalue weighted by Crippen LogP contribution is -2.61. The lowest BCUT2D eigenvalue weighted by atomic mass is 10.0. The minimum absolute atomic E-state index is 0.0464. The van der Waals surface area contributed by atoms with Crippen molar-refractivity contribution in [1.82, 2.24) is 15.3 Å². The molecule has 10 heteroatoms. The van der Waals surface area contributed by atoms with Gasteiger partial charge in [0.25, 0.3) is 5.91 Å². The molecule has 2 aromatic rings. The first-order chi connectivity index (χ1) is 15.7. The van der Waals surface area contributed by atoms with Crippen LogP contribution in [0.2, 0.25) is 0 Å². The van der Waals surface area contributed by atoms with Crippen LogP contribution in [-0.4, -0.2) is 74.0 Å². The number of carbonyl (C=O) groups is 2. The van der Waals surface area contributed by atoms with Crippen LogP contribution >= 0.6 is 0 Å². The van der Waals surface area contributed by atoms with Crippen LogP contribution in [0.5, 0.6) is 0 Å². The van der Waals surface area contributed by atoms with Crippen molar-refractivity contribution in [2.75, 3.05) is 55.1 Å². The highest BCUT2D eigenvalue weighted by Gasteiger charge is 2.44. The summed E-state index contributed by atoms with van der Waals surface area (Å²) >= 11 is 0. The highest BCUT2D eigenvalue weighted by atomic mass is 16.5. The zero-order chi connectivity index (χ0) is 22.1. The zero-order valence-electron chi connectivity index (χ0n) is 17.9. The Morgan fingerprint density at radius 2 is 1.91 bits per heavy atom. The number of hydrogen-bond donors (Lipinski definition) is 2. The molecule has 1 atom stereocenters. The maximum absolute atomic E-state index is 13.4. The molecule has 3 aliphatic heterocycles. The fraction of sp³-hybridized carbons (Fsp3) is 0.455. The number of benzene rings is 1. The molecule has 2 fully saturated rings. The fourth-order valence-corrected chi connectivity index (χ4v) is 4.44. The second-order valence-corrected chi connectivity index (χ2v) is 8.02. The van der Waals surface area contributed by atoms with Crippen molar-refractivity contribution in [2.45, 2.75) is 24.9 Å². The standard InChI is InChI=1S/C22H26N6O4/c1-23-22(30)25-15-4-2-14(3-5-15)19-24-12-17-20(26-19)27-8-11-32-13-18(27)21(29)28(17)16-6-9-31-10-7-16/h2-5,12,16,18H,6-11,13H2,1H3,(H2,23,25,30). The summed E-state index contributed by atoms with van der Waals surface area (Å²) in [5, 5.41) is 5.26. The molecule has 32 heavy (non-hydrogen) atoms. The number of morpholine rings is 1. The smallest absolute Gasteiger partial charge is 0.318 e. The van der Waals surface area contributed by atoms with Crippen molar-refractivity contribution in [1.29, 1.82) is 0 Å². The van der Waals surface area contributed by atoms with Crippen LogP contribution in [0.3, 0.4) is 0 Å². The van der Waals surface area contributed by atoms with Gasteiger partial charge in [-0.25, -0.2) is 14.8 Å². The third-order valence-corrected chi connectivity index (χ3v) is 6.12. The van der Waals surface area contributed by atoms with E-state index in [9.17, 15) is 9.59 Å². The van der Waals surface area contributed by atoms with E-state index in [1.165, 1.54) is 0 Å².